The first kappa shape index (κ1) is 36.0. The third-order valence-corrected chi connectivity index (χ3v) is 10.8. The third kappa shape index (κ3) is 8.00. The van der Waals surface area contributed by atoms with Crippen LogP contribution in [0.15, 0.2) is 41.3 Å². The van der Waals surface area contributed by atoms with Gasteiger partial charge in [-0.3, -0.25) is 9.89 Å². The van der Waals surface area contributed by atoms with Crippen LogP contribution >= 0.6 is 24.8 Å². The second-order valence-electron chi connectivity index (χ2n) is 12.0. The van der Waals surface area contributed by atoms with Gasteiger partial charge in [0.15, 0.2) is 5.78 Å². The number of halogens is 4. The van der Waals surface area contributed by atoms with E-state index in [1.165, 1.54) is 4.31 Å². The molecule has 0 aliphatic carbocycles. The van der Waals surface area contributed by atoms with Crippen LogP contribution in [0.3, 0.4) is 0 Å². The van der Waals surface area contributed by atoms with Crippen molar-refractivity contribution in [3.63, 3.8) is 0 Å². The van der Waals surface area contributed by atoms with Crippen LogP contribution in [0.1, 0.15) is 40.2 Å². The number of ketones is 1. The minimum atomic E-state index is -4.16. The molecule has 46 heavy (non-hydrogen) atoms. The second kappa shape index (κ2) is 15.4. The van der Waals surface area contributed by atoms with Gasteiger partial charge < -0.3 is 20.4 Å². The van der Waals surface area contributed by atoms with Gasteiger partial charge in [0.1, 0.15) is 11.6 Å². The number of hydrogen-bond donors (Lipinski definition) is 3. The van der Waals surface area contributed by atoms with Gasteiger partial charge >= 0.3 is 0 Å². The largest absolute Gasteiger partial charge is 0.384 e. The van der Waals surface area contributed by atoms with Crippen molar-refractivity contribution in [3.8, 4) is 0 Å². The number of carbonyl (C=O) groups excluding carboxylic acids is 1. The van der Waals surface area contributed by atoms with E-state index in [0.29, 0.717) is 35.2 Å². The molecule has 6 rings (SSSR count). The number of hydrogen-bond acceptors (Lipinski definition) is 8. The van der Waals surface area contributed by atoms with Crippen LogP contribution in [0, 0.1) is 17.6 Å². The fraction of sp³-hybridized carbons (Fsp3) is 0.484. The van der Waals surface area contributed by atoms with Gasteiger partial charge in [-0.25, -0.2) is 17.2 Å². The van der Waals surface area contributed by atoms with Crippen molar-refractivity contribution < 1.29 is 22.0 Å². The zero-order valence-corrected chi connectivity index (χ0v) is 28.2. The van der Waals surface area contributed by atoms with Gasteiger partial charge in [0.2, 0.25) is 10.0 Å². The van der Waals surface area contributed by atoms with Crippen molar-refractivity contribution in [2.24, 2.45) is 5.92 Å². The Bertz CT molecular complexity index is 1610. The minimum absolute atomic E-state index is 0. The molecule has 3 N–H and O–H groups in total. The number of fused-ring (bicyclic) bond motifs is 1. The molecule has 252 valence electrons. The zero-order chi connectivity index (χ0) is 30.8. The topological polar surface area (TPSA) is 114 Å². The summed E-state index contributed by atoms with van der Waals surface area (Å²) in [6.07, 6.45) is 2.59. The molecule has 1 atom stereocenters. The quantitative estimate of drug-likeness (QED) is 0.289. The van der Waals surface area contributed by atoms with Gasteiger partial charge in [-0.15, -0.1) is 24.8 Å². The standard InChI is InChI=1S/C31H39F2N7O3S.2ClH/c1-38-9-11-39(12-10-38)24-4-5-26(29(16-24)35-19-21-3-2-7-34-18-21)31(41)17-30-27-20-40(8-6-28(27)36-37-30)44(42,43)25-14-22(32)13-23(33)15-25;;/h4-5,13-16,21,34-35H,2-3,6-12,17-20H2,1H3,(H,36,37);2*1H. The molecule has 3 aromatic rings. The van der Waals surface area contributed by atoms with Gasteiger partial charge in [-0.1, -0.05) is 0 Å². The Kier molecular flexibility index (Phi) is 12.1. The Morgan fingerprint density at radius 2 is 1.78 bits per heavy atom. The molecule has 2 aromatic carbocycles. The number of H-pyrrole nitrogens is 1. The number of sulfonamides is 1. The van der Waals surface area contributed by atoms with Crippen molar-refractivity contribution in [2.45, 2.75) is 37.1 Å². The van der Waals surface area contributed by atoms with Crippen molar-refractivity contribution in [2.75, 3.05) is 69.6 Å². The number of nitrogens with zero attached hydrogens (tertiary/aromatic N) is 4. The molecule has 0 bridgehead atoms. The van der Waals surface area contributed by atoms with Crippen molar-refractivity contribution >= 4 is 52.0 Å². The van der Waals surface area contributed by atoms with E-state index in [2.05, 4.69) is 43.7 Å². The van der Waals surface area contributed by atoms with E-state index in [9.17, 15) is 22.0 Å². The number of benzene rings is 2. The summed E-state index contributed by atoms with van der Waals surface area (Å²) < 4.78 is 55.4. The number of aromatic nitrogens is 2. The molecule has 1 aromatic heterocycles. The number of Topliss-reactive ketones (excluding diaryl/α,β-unsaturated/α-hetero) is 1. The molecule has 1 unspecified atom stereocenters. The second-order valence-corrected chi connectivity index (χ2v) is 14.0. The molecular formula is C31H41Cl2F2N7O3S. The Hall–Kier alpha value is -2.81. The molecule has 3 aliphatic heterocycles. The summed E-state index contributed by atoms with van der Waals surface area (Å²) in [5.41, 5.74) is 4.30. The highest BCUT2D eigenvalue weighted by Crippen LogP contribution is 2.30. The highest BCUT2D eigenvalue weighted by Gasteiger charge is 2.32. The van der Waals surface area contributed by atoms with Crippen LogP contribution < -0.4 is 15.5 Å². The lowest BCUT2D eigenvalue weighted by molar-refractivity contribution is 0.0992. The summed E-state index contributed by atoms with van der Waals surface area (Å²) in [5.74, 6) is -1.57. The lowest BCUT2D eigenvalue weighted by Crippen LogP contribution is -2.44. The smallest absolute Gasteiger partial charge is 0.243 e. The van der Waals surface area contributed by atoms with E-state index in [-0.39, 0.29) is 50.1 Å². The van der Waals surface area contributed by atoms with Crippen LogP contribution in [-0.4, -0.2) is 93.0 Å². The SMILES string of the molecule is CN1CCN(c2ccc(C(=O)Cc3n[nH]c4c3CN(S(=O)(=O)c3cc(F)cc(F)c3)CC4)c(NCC3CCCNC3)c2)CC1.Cl.Cl. The molecule has 0 saturated carbocycles. The lowest BCUT2D eigenvalue weighted by Gasteiger charge is -2.34. The number of nitrogens with one attached hydrogen (secondary N) is 3. The summed E-state index contributed by atoms with van der Waals surface area (Å²) >= 11 is 0. The molecule has 0 amide bonds. The summed E-state index contributed by atoms with van der Waals surface area (Å²) in [6.45, 7) is 6.58. The maximum atomic E-state index is 13.8. The highest BCUT2D eigenvalue weighted by atomic mass is 35.5. The summed E-state index contributed by atoms with van der Waals surface area (Å²) in [5, 5.41) is 14.4. The van der Waals surface area contributed by atoms with Crippen LogP contribution in [0.4, 0.5) is 20.2 Å². The van der Waals surface area contributed by atoms with Crippen LogP contribution in [0.2, 0.25) is 0 Å². The Labute approximate surface area is 281 Å². The third-order valence-electron chi connectivity index (χ3n) is 8.94. The summed E-state index contributed by atoms with van der Waals surface area (Å²) in [4.78, 5) is 18.0. The molecule has 15 heteroatoms. The van der Waals surface area contributed by atoms with Crippen LogP contribution in [0.25, 0.3) is 0 Å². The van der Waals surface area contributed by atoms with Crippen LogP contribution in [-0.2, 0) is 29.4 Å². The summed E-state index contributed by atoms with van der Waals surface area (Å²) in [6, 6.07) is 8.22. The van der Waals surface area contributed by atoms with Gasteiger partial charge in [-0.2, -0.15) is 9.40 Å². The monoisotopic (exact) mass is 699 g/mol. The number of rotatable bonds is 9. The van der Waals surface area contributed by atoms with E-state index < -0.39 is 26.6 Å². The van der Waals surface area contributed by atoms with E-state index in [1.807, 2.05) is 12.1 Å². The molecular weight excluding hydrogens is 659 g/mol. The number of likely N-dealkylation sites (N-methyl/N-ethyl adjacent to an activating group) is 1. The summed E-state index contributed by atoms with van der Waals surface area (Å²) in [7, 11) is -2.05. The molecule has 0 spiro atoms. The molecule has 0 radical (unpaired) electrons. The van der Waals surface area contributed by atoms with E-state index in [1.54, 1.807) is 0 Å². The molecule has 2 fully saturated rings. The Balaban J connectivity index is 0.00000240. The molecule has 2 saturated heterocycles. The zero-order valence-electron chi connectivity index (χ0n) is 25.7. The molecule has 3 aliphatic rings. The van der Waals surface area contributed by atoms with E-state index >= 15 is 0 Å². The number of carbonyl (C=O) groups is 1. The van der Waals surface area contributed by atoms with Crippen LogP contribution in [0.5, 0.6) is 0 Å². The fourth-order valence-corrected chi connectivity index (χ4v) is 7.74. The normalized spacial score (nSPS) is 19.1. The molecule has 4 heterocycles. The van der Waals surface area contributed by atoms with Crippen molar-refractivity contribution in [1.82, 2.24) is 24.7 Å². The Morgan fingerprint density at radius 3 is 2.48 bits per heavy atom. The predicted octanol–water partition coefficient (Wildman–Crippen LogP) is 3.87. The van der Waals surface area contributed by atoms with E-state index in [4.69, 9.17) is 0 Å². The van der Waals surface area contributed by atoms with Crippen molar-refractivity contribution in [1.29, 1.82) is 0 Å². The van der Waals surface area contributed by atoms with Gasteiger partial charge in [0.05, 0.1) is 17.0 Å². The maximum Gasteiger partial charge on any atom is 0.243 e. The number of anilines is 2. The predicted molar refractivity (Wildman–Crippen MR) is 179 cm³/mol. The minimum Gasteiger partial charge on any atom is -0.384 e. The molecule has 10 nitrogen and oxygen atoms in total. The highest BCUT2D eigenvalue weighted by molar-refractivity contribution is 7.89. The average Bonchev–Trinajstić information content (AvgIpc) is 3.42. The first-order valence-corrected chi connectivity index (χ1v) is 16.7. The first-order chi connectivity index (χ1) is 21.2. The van der Waals surface area contributed by atoms with Crippen molar-refractivity contribution in [3.05, 3.63) is 70.5 Å². The lowest BCUT2D eigenvalue weighted by atomic mass is 9.97. The average molecular weight is 701 g/mol. The fourth-order valence-electron chi connectivity index (χ4n) is 6.29. The van der Waals surface area contributed by atoms with Gasteiger partial charge in [0, 0.05) is 86.5 Å². The number of aromatic amines is 1. The van der Waals surface area contributed by atoms with E-state index in [0.717, 1.165) is 87.9 Å². The number of piperazine rings is 1. The van der Waals surface area contributed by atoms with Gasteiger partial charge in [-0.05, 0) is 69.2 Å². The first-order valence-electron chi connectivity index (χ1n) is 15.2. The number of piperidine rings is 1. The maximum absolute atomic E-state index is 13.8. The van der Waals surface area contributed by atoms with Gasteiger partial charge in [0.25, 0.3) is 0 Å². The Morgan fingerprint density at radius 1 is 1.04 bits per heavy atom.